The van der Waals surface area contributed by atoms with Crippen molar-refractivity contribution in [3.05, 3.63) is 60.2 Å². The van der Waals surface area contributed by atoms with E-state index in [1.54, 1.807) is 0 Å². The van der Waals surface area contributed by atoms with Gasteiger partial charge in [-0.3, -0.25) is 0 Å². The van der Waals surface area contributed by atoms with E-state index in [9.17, 15) is 0 Å². The van der Waals surface area contributed by atoms with Crippen LogP contribution in [0, 0.1) is 0 Å². The number of benzene rings is 2. The lowest BCUT2D eigenvalue weighted by Crippen LogP contribution is -2.21. The molecule has 0 aliphatic carbocycles. The molecule has 0 unspecified atom stereocenters. The van der Waals surface area contributed by atoms with Crippen LogP contribution in [0.5, 0.6) is 0 Å². The molecule has 0 aromatic heterocycles. The lowest BCUT2D eigenvalue weighted by atomic mass is 9.87. The third-order valence-corrected chi connectivity index (χ3v) is 2.79. The van der Waals surface area contributed by atoms with E-state index in [0.29, 0.717) is 14.1 Å². The molecule has 3 nitrogen and oxygen atoms in total. The van der Waals surface area contributed by atoms with Crippen molar-refractivity contribution in [1.82, 2.24) is 0 Å². The minimum absolute atomic E-state index is 0.0728. The zero-order valence-corrected chi connectivity index (χ0v) is 10.9. The van der Waals surface area contributed by atoms with Gasteiger partial charge in [-0.25, -0.2) is 0 Å². The van der Waals surface area contributed by atoms with E-state index >= 15 is 0 Å². The second-order valence-electron chi connectivity index (χ2n) is 4.32. The highest BCUT2D eigenvalue weighted by Gasteiger charge is 1.98. The van der Waals surface area contributed by atoms with Gasteiger partial charge in [-0.2, -0.15) is 0 Å². The lowest BCUT2D eigenvalue weighted by Gasteiger charge is -2.07. The molecule has 0 aliphatic heterocycles. The van der Waals surface area contributed by atoms with Gasteiger partial charge in [-0.15, -0.1) is 0 Å². The van der Waals surface area contributed by atoms with Crippen LogP contribution in [0.2, 0.25) is 0 Å². The lowest BCUT2D eigenvalue weighted by molar-refractivity contribution is 0.282. The number of hydrogen-bond acceptors (Lipinski definition) is 3. The number of anilines is 1. The van der Waals surface area contributed by atoms with Crippen molar-refractivity contribution < 1.29 is 9.76 Å². The Morgan fingerprint density at radius 2 is 1.89 bits per heavy atom. The van der Waals surface area contributed by atoms with Crippen molar-refractivity contribution in [2.75, 3.05) is 18.5 Å². The molecule has 2 aromatic carbocycles. The number of hydrogen-bond donors (Lipinski definition) is 2. The first kappa shape index (κ1) is 13.7. The normalized spacial score (nSPS) is 10.2. The Hall–Kier alpha value is -1.78. The van der Waals surface area contributed by atoms with Gasteiger partial charge in [-0.1, -0.05) is 47.9 Å². The van der Waals surface area contributed by atoms with E-state index in [2.05, 4.69) is 5.32 Å². The SMILES string of the molecule is OCc1cccc(BOCCNc2ccccc2)c1. The first-order chi connectivity index (χ1) is 9.38. The minimum atomic E-state index is 0.0728. The molecule has 19 heavy (non-hydrogen) atoms. The summed E-state index contributed by atoms with van der Waals surface area (Å²) in [6.07, 6.45) is 0. The van der Waals surface area contributed by atoms with E-state index in [1.807, 2.05) is 54.6 Å². The fourth-order valence-electron chi connectivity index (χ4n) is 1.83. The second kappa shape index (κ2) is 7.61. The number of aliphatic hydroxyl groups is 1. The molecule has 0 saturated carbocycles. The van der Waals surface area contributed by atoms with Crippen molar-refractivity contribution in [3.63, 3.8) is 0 Å². The largest absolute Gasteiger partial charge is 0.433 e. The van der Waals surface area contributed by atoms with Crippen LogP contribution in [-0.2, 0) is 11.3 Å². The van der Waals surface area contributed by atoms with Gasteiger partial charge in [0.2, 0.25) is 0 Å². The summed E-state index contributed by atoms with van der Waals surface area (Å²) in [5, 5.41) is 12.3. The van der Waals surface area contributed by atoms with Crippen molar-refractivity contribution in [2.45, 2.75) is 6.61 Å². The molecule has 2 aromatic rings. The summed E-state index contributed by atoms with van der Waals surface area (Å²) in [4.78, 5) is 0. The Kier molecular flexibility index (Phi) is 5.47. The van der Waals surface area contributed by atoms with Gasteiger partial charge < -0.3 is 15.1 Å². The maximum absolute atomic E-state index is 9.05. The standard InChI is InChI=1S/C15H18BNO2/c18-12-13-5-4-6-14(11-13)16-19-10-9-17-15-7-2-1-3-8-15/h1-8,11,16-18H,9-10,12H2. The van der Waals surface area contributed by atoms with Gasteiger partial charge in [0.1, 0.15) is 0 Å². The predicted molar refractivity (Wildman–Crippen MR) is 80.0 cm³/mol. The van der Waals surface area contributed by atoms with Crippen LogP contribution in [0.25, 0.3) is 0 Å². The average molecular weight is 255 g/mol. The second-order valence-corrected chi connectivity index (χ2v) is 4.32. The Bertz CT molecular complexity index is 491. The Morgan fingerprint density at radius 3 is 2.68 bits per heavy atom. The van der Waals surface area contributed by atoms with Crippen LogP contribution in [0.4, 0.5) is 5.69 Å². The van der Waals surface area contributed by atoms with Gasteiger partial charge in [0.25, 0.3) is 0 Å². The maximum Gasteiger partial charge on any atom is 0.308 e. The highest BCUT2D eigenvalue weighted by molar-refractivity contribution is 6.46. The Labute approximate surface area is 114 Å². The zero-order chi connectivity index (χ0) is 13.3. The molecule has 0 spiro atoms. The van der Waals surface area contributed by atoms with Crippen LogP contribution < -0.4 is 10.8 Å². The van der Waals surface area contributed by atoms with E-state index in [0.717, 1.165) is 23.3 Å². The highest BCUT2D eigenvalue weighted by atomic mass is 16.4. The molecule has 0 aliphatic rings. The average Bonchev–Trinajstić information content (AvgIpc) is 2.48. The van der Waals surface area contributed by atoms with Crippen LogP contribution >= 0.6 is 0 Å². The van der Waals surface area contributed by atoms with Crippen molar-refractivity contribution in [1.29, 1.82) is 0 Å². The molecule has 0 amide bonds. The van der Waals surface area contributed by atoms with Gasteiger partial charge in [0.05, 0.1) is 6.61 Å². The maximum atomic E-state index is 9.05. The molecule has 0 radical (unpaired) electrons. The molecule has 98 valence electrons. The van der Waals surface area contributed by atoms with Crippen molar-refractivity contribution >= 4 is 18.6 Å². The predicted octanol–water partition coefficient (Wildman–Crippen LogP) is 1.28. The first-order valence-electron chi connectivity index (χ1n) is 6.44. The molecular formula is C15H18BNO2. The molecule has 0 fully saturated rings. The smallest absolute Gasteiger partial charge is 0.308 e. The van der Waals surface area contributed by atoms with E-state index < -0.39 is 0 Å². The van der Waals surface area contributed by atoms with E-state index in [-0.39, 0.29) is 6.61 Å². The first-order valence-corrected chi connectivity index (χ1v) is 6.44. The molecule has 0 atom stereocenters. The molecule has 0 bridgehead atoms. The molecule has 2 N–H and O–H groups in total. The van der Waals surface area contributed by atoms with Gasteiger partial charge in [0, 0.05) is 18.8 Å². The summed E-state index contributed by atoms with van der Waals surface area (Å²) in [5.41, 5.74) is 3.11. The summed E-state index contributed by atoms with van der Waals surface area (Å²) >= 11 is 0. The summed E-state index contributed by atoms with van der Waals surface area (Å²) in [6.45, 7) is 1.51. The highest BCUT2D eigenvalue weighted by Crippen LogP contribution is 2.03. The quantitative estimate of drug-likeness (QED) is 0.578. The van der Waals surface area contributed by atoms with Crippen LogP contribution in [0.15, 0.2) is 54.6 Å². The number of para-hydroxylation sites is 1. The number of rotatable bonds is 7. The summed E-state index contributed by atoms with van der Waals surface area (Å²) in [6, 6.07) is 17.9. The van der Waals surface area contributed by atoms with Gasteiger partial charge in [-0.05, 0) is 17.7 Å². The topological polar surface area (TPSA) is 41.5 Å². The number of aliphatic hydroxyl groups excluding tert-OH is 1. The van der Waals surface area contributed by atoms with Crippen LogP contribution in [0.3, 0.4) is 0 Å². The molecular weight excluding hydrogens is 237 g/mol. The summed E-state index contributed by atoms with van der Waals surface area (Å²) in [7, 11) is 0.574. The van der Waals surface area contributed by atoms with Crippen molar-refractivity contribution in [3.8, 4) is 0 Å². The zero-order valence-electron chi connectivity index (χ0n) is 10.9. The van der Waals surface area contributed by atoms with Crippen molar-refractivity contribution in [2.24, 2.45) is 0 Å². The Morgan fingerprint density at radius 1 is 1.05 bits per heavy atom. The number of nitrogens with one attached hydrogen (secondary N) is 1. The summed E-state index contributed by atoms with van der Waals surface area (Å²) in [5.74, 6) is 0. The van der Waals surface area contributed by atoms with Crippen LogP contribution in [0.1, 0.15) is 5.56 Å². The van der Waals surface area contributed by atoms with Gasteiger partial charge >= 0.3 is 7.48 Å². The summed E-state index contributed by atoms with van der Waals surface area (Å²) < 4.78 is 5.60. The molecule has 0 heterocycles. The fourth-order valence-corrected chi connectivity index (χ4v) is 1.83. The molecule has 2 rings (SSSR count). The third kappa shape index (κ3) is 4.77. The van der Waals surface area contributed by atoms with E-state index in [4.69, 9.17) is 9.76 Å². The molecule has 0 saturated heterocycles. The minimum Gasteiger partial charge on any atom is -0.433 e. The fraction of sp³-hybridized carbons (Fsp3) is 0.200. The van der Waals surface area contributed by atoms with Gasteiger partial charge in [0.15, 0.2) is 0 Å². The Balaban J connectivity index is 1.66. The molecule has 4 heteroatoms. The third-order valence-electron chi connectivity index (χ3n) is 2.79. The monoisotopic (exact) mass is 255 g/mol. The van der Waals surface area contributed by atoms with E-state index in [1.165, 1.54) is 0 Å². The van der Waals surface area contributed by atoms with Crippen LogP contribution in [-0.4, -0.2) is 25.7 Å².